The molecule has 2 aromatic rings. The summed E-state index contributed by atoms with van der Waals surface area (Å²) in [5, 5.41) is 7.17. The third-order valence-corrected chi connectivity index (χ3v) is 4.80. The van der Waals surface area contributed by atoms with Crippen molar-refractivity contribution in [3.05, 3.63) is 59.6 Å². The highest BCUT2D eigenvalue weighted by Crippen LogP contribution is 2.26. The number of aromatic nitrogens is 2. The van der Waals surface area contributed by atoms with Gasteiger partial charge < -0.3 is 14.7 Å². The van der Waals surface area contributed by atoms with Crippen molar-refractivity contribution in [1.29, 1.82) is 0 Å². The predicted octanol–water partition coefficient (Wildman–Crippen LogP) is 3.31. The molecule has 0 radical (unpaired) electrons. The third-order valence-electron chi connectivity index (χ3n) is 4.80. The number of hydrogen-bond acceptors (Lipinski definition) is 5. The summed E-state index contributed by atoms with van der Waals surface area (Å²) in [6.07, 6.45) is 8.36. The minimum absolute atomic E-state index is 0.392. The first-order chi connectivity index (χ1) is 12.7. The lowest BCUT2D eigenvalue weighted by Crippen LogP contribution is -2.34. The Hall–Kier alpha value is -2.70. The molecule has 3 heterocycles. The van der Waals surface area contributed by atoms with E-state index in [0.717, 1.165) is 44.1 Å². The molecule has 1 N–H and O–H groups in total. The fourth-order valence-electron chi connectivity index (χ4n) is 3.46. The summed E-state index contributed by atoms with van der Waals surface area (Å²) >= 11 is 0. The van der Waals surface area contributed by atoms with E-state index in [9.17, 15) is 8.78 Å². The minimum Gasteiger partial charge on any atom is -0.387 e. The van der Waals surface area contributed by atoms with E-state index in [1.165, 1.54) is 12.1 Å². The second-order valence-corrected chi connectivity index (χ2v) is 6.72. The van der Waals surface area contributed by atoms with Gasteiger partial charge >= 0.3 is 6.01 Å². The zero-order chi connectivity index (χ0) is 17.9. The van der Waals surface area contributed by atoms with Crippen LogP contribution in [0.1, 0.15) is 24.2 Å². The summed E-state index contributed by atoms with van der Waals surface area (Å²) < 4.78 is 32.1. The Kier molecular flexibility index (Phi) is 4.69. The summed E-state index contributed by atoms with van der Waals surface area (Å²) in [5.41, 5.74) is 1.61. The third kappa shape index (κ3) is 3.76. The maximum atomic E-state index is 13.3. The van der Waals surface area contributed by atoms with E-state index >= 15 is 0 Å². The first-order valence-electron chi connectivity index (χ1n) is 8.81. The number of nitrogens with zero attached hydrogens (tertiary/aromatic N) is 3. The molecule has 2 aliphatic heterocycles. The van der Waals surface area contributed by atoms with Gasteiger partial charge in [0.25, 0.3) is 0 Å². The van der Waals surface area contributed by atoms with Crippen LogP contribution in [-0.4, -0.2) is 29.8 Å². The lowest BCUT2D eigenvalue weighted by Gasteiger charge is -2.30. The van der Waals surface area contributed by atoms with Crippen molar-refractivity contribution in [2.24, 2.45) is 5.92 Å². The molecule has 0 aliphatic carbocycles. The van der Waals surface area contributed by atoms with Gasteiger partial charge in [-0.25, -0.2) is 8.78 Å². The molecule has 0 amide bonds. The van der Waals surface area contributed by atoms with Gasteiger partial charge in [0.05, 0.1) is 0 Å². The Balaban J connectivity index is 1.35. The Labute approximate surface area is 150 Å². The molecule has 0 spiro atoms. The molecule has 5 nitrogen and oxygen atoms in total. The molecular formula is C19H20F2N4O. The summed E-state index contributed by atoms with van der Waals surface area (Å²) in [6.45, 7) is 2.38. The Morgan fingerprint density at radius 3 is 2.62 bits per heavy atom. The minimum atomic E-state index is -0.517. The van der Waals surface area contributed by atoms with Gasteiger partial charge in [-0.3, -0.25) is 0 Å². The summed E-state index contributed by atoms with van der Waals surface area (Å²) in [7, 11) is 0. The SMILES string of the molecule is Fc1cc(F)cc(CC2CCN(c3nc(C4=CNCC=C4)no3)CC2)c1. The standard InChI is InChI=1S/C19H20F2N4O/c20-16-9-14(10-17(21)11-16)8-13-3-6-25(7-4-13)19-23-18(24-26-19)15-2-1-5-22-12-15/h1-2,9-13,22H,3-8H2. The van der Waals surface area contributed by atoms with Gasteiger partial charge in [0, 0.05) is 37.5 Å². The van der Waals surface area contributed by atoms with E-state index in [4.69, 9.17) is 4.52 Å². The first-order valence-corrected chi connectivity index (χ1v) is 8.81. The van der Waals surface area contributed by atoms with E-state index in [-0.39, 0.29) is 0 Å². The number of anilines is 1. The fourth-order valence-corrected chi connectivity index (χ4v) is 3.46. The molecule has 26 heavy (non-hydrogen) atoms. The van der Waals surface area contributed by atoms with Crippen molar-refractivity contribution < 1.29 is 13.3 Å². The van der Waals surface area contributed by atoms with Gasteiger partial charge in [-0.1, -0.05) is 17.3 Å². The topological polar surface area (TPSA) is 54.2 Å². The average Bonchev–Trinajstić information content (AvgIpc) is 3.12. The molecule has 1 saturated heterocycles. The van der Waals surface area contributed by atoms with Gasteiger partial charge in [-0.05, 0) is 42.9 Å². The van der Waals surface area contributed by atoms with E-state index in [0.29, 0.717) is 29.7 Å². The number of nitrogens with one attached hydrogen (secondary N) is 1. The number of allylic oxidation sites excluding steroid dienone is 2. The van der Waals surface area contributed by atoms with Crippen LogP contribution in [0.15, 0.2) is 41.1 Å². The quantitative estimate of drug-likeness (QED) is 0.909. The van der Waals surface area contributed by atoms with Gasteiger partial charge in [-0.2, -0.15) is 4.98 Å². The summed E-state index contributed by atoms with van der Waals surface area (Å²) in [6, 6.07) is 4.26. The van der Waals surface area contributed by atoms with E-state index in [2.05, 4.69) is 20.4 Å². The zero-order valence-corrected chi connectivity index (χ0v) is 14.3. The second kappa shape index (κ2) is 7.27. The predicted molar refractivity (Wildman–Crippen MR) is 94.4 cm³/mol. The van der Waals surface area contributed by atoms with Crippen molar-refractivity contribution in [2.45, 2.75) is 19.3 Å². The van der Waals surface area contributed by atoms with Crippen LogP contribution >= 0.6 is 0 Å². The second-order valence-electron chi connectivity index (χ2n) is 6.72. The molecular weight excluding hydrogens is 338 g/mol. The Bertz CT molecular complexity index is 818. The van der Waals surface area contributed by atoms with Crippen LogP contribution < -0.4 is 10.2 Å². The normalized spacial score (nSPS) is 17.9. The maximum absolute atomic E-state index is 13.3. The smallest absolute Gasteiger partial charge is 0.324 e. The number of dihydropyridines is 1. The van der Waals surface area contributed by atoms with Crippen molar-refractivity contribution in [3.8, 4) is 0 Å². The largest absolute Gasteiger partial charge is 0.387 e. The zero-order valence-electron chi connectivity index (χ0n) is 14.3. The van der Waals surface area contributed by atoms with Crippen LogP contribution in [0, 0.1) is 17.6 Å². The van der Waals surface area contributed by atoms with E-state index in [1.807, 2.05) is 18.4 Å². The molecule has 1 aromatic carbocycles. The molecule has 0 atom stereocenters. The monoisotopic (exact) mass is 358 g/mol. The lowest BCUT2D eigenvalue weighted by atomic mass is 9.90. The highest BCUT2D eigenvalue weighted by molar-refractivity contribution is 5.70. The number of piperidine rings is 1. The van der Waals surface area contributed by atoms with Crippen molar-refractivity contribution in [1.82, 2.24) is 15.5 Å². The summed E-state index contributed by atoms with van der Waals surface area (Å²) in [4.78, 5) is 6.55. The maximum Gasteiger partial charge on any atom is 0.324 e. The van der Waals surface area contributed by atoms with E-state index < -0.39 is 11.6 Å². The number of benzene rings is 1. The molecule has 136 valence electrons. The molecule has 0 saturated carbocycles. The van der Waals surface area contributed by atoms with E-state index in [1.54, 1.807) is 0 Å². The molecule has 1 aromatic heterocycles. The molecule has 1 fully saturated rings. The summed E-state index contributed by atoms with van der Waals surface area (Å²) in [5.74, 6) is -0.0726. The van der Waals surface area contributed by atoms with Crippen molar-refractivity contribution in [2.75, 3.05) is 24.5 Å². The van der Waals surface area contributed by atoms with Crippen LogP contribution in [0.3, 0.4) is 0 Å². The van der Waals surface area contributed by atoms with Gasteiger partial charge in [0.15, 0.2) is 0 Å². The molecule has 2 aliphatic rings. The number of rotatable bonds is 4. The molecule has 4 rings (SSSR count). The Morgan fingerprint density at radius 1 is 1.15 bits per heavy atom. The molecule has 0 bridgehead atoms. The highest BCUT2D eigenvalue weighted by Gasteiger charge is 2.24. The lowest BCUT2D eigenvalue weighted by molar-refractivity contribution is 0.361. The average molecular weight is 358 g/mol. The molecule has 7 heteroatoms. The van der Waals surface area contributed by atoms with Crippen LogP contribution in [0.5, 0.6) is 0 Å². The number of halogens is 2. The van der Waals surface area contributed by atoms with Crippen LogP contribution in [0.4, 0.5) is 14.8 Å². The first kappa shape index (κ1) is 16.8. The van der Waals surface area contributed by atoms with Crippen LogP contribution in [0.25, 0.3) is 5.57 Å². The Morgan fingerprint density at radius 2 is 1.92 bits per heavy atom. The van der Waals surface area contributed by atoms with Gasteiger partial charge in [0.2, 0.25) is 5.82 Å². The fraction of sp³-hybridized carbons (Fsp3) is 0.368. The van der Waals surface area contributed by atoms with Gasteiger partial charge in [0.1, 0.15) is 11.6 Å². The van der Waals surface area contributed by atoms with Gasteiger partial charge in [-0.15, -0.1) is 0 Å². The van der Waals surface area contributed by atoms with Crippen LogP contribution in [-0.2, 0) is 6.42 Å². The molecule has 0 unspecified atom stereocenters. The highest BCUT2D eigenvalue weighted by atomic mass is 19.1. The number of hydrogen-bond donors (Lipinski definition) is 1. The van der Waals surface area contributed by atoms with Crippen molar-refractivity contribution in [3.63, 3.8) is 0 Å². The van der Waals surface area contributed by atoms with Crippen molar-refractivity contribution >= 4 is 11.6 Å². The van der Waals surface area contributed by atoms with Crippen LogP contribution in [0.2, 0.25) is 0 Å².